The van der Waals surface area contributed by atoms with E-state index in [1.54, 1.807) is 17.0 Å². The first kappa shape index (κ1) is 22.0. The number of nitrogens with zero attached hydrogens (tertiary/aromatic N) is 4. The Morgan fingerprint density at radius 1 is 1.19 bits per heavy atom. The van der Waals surface area contributed by atoms with Crippen molar-refractivity contribution in [3.63, 3.8) is 0 Å². The highest BCUT2D eigenvalue weighted by atomic mass is 19.1. The molecule has 0 atom stereocenters. The van der Waals surface area contributed by atoms with Crippen LogP contribution in [0.4, 0.5) is 4.39 Å². The van der Waals surface area contributed by atoms with Gasteiger partial charge in [-0.2, -0.15) is 0 Å². The van der Waals surface area contributed by atoms with Gasteiger partial charge in [0.2, 0.25) is 5.82 Å². The highest BCUT2D eigenvalue weighted by Gasteiger charge is 2.22. The maximum absolute atomic E-state index is 14.0. The van der Waals surface area contributed by atoms with Crippen molar-refractivity contribution in [3.8, 4) is 11.3 Å². The van der Waals surface area contributed by atoms with Crippen molar-refractivity contribution in [2.24, 2.45) is 0 Å². The molecule has 1 aliphatic heterocycles. The van der Waals surface area contributed by atoms with Crippen molar-refractivity contribution in [1.29, 1.82) is 0 Å². The van der Waals surface area contributed by atoms with Gasteiger partial charge in [-0.25, -0.2) is 14.4 Å². The Hall–Kier alpha value is -3.66. The van der Waals surface area contributed by atoms with Gasteiger partial charge in [0.25, 0.3) is 17.9 Å². The third-order valence-corrected chi connectivity index (χ3v) is 5.12. The number of hydrogen-bond donors (Lipinski definition) is 2. The van der Waals surface area contributed by atoms with Gasteiger partial charge in [0.15, 0.2) is 0 Å². The molecule has 1 aliphatic rings. The minimum Gasteiger partial charge on any atom is -0.483 e. The van der Waals surface area contributed by atoms with Gasteiger partial charge in [0, 0.05) is 44.1 Å². The zero-order chi connectivity index (χ0) is 22.5. The molecule has 10 heteroatoms. The summed E-state index contributed by atoms with van der Waals surface area (Å²) in [6, 6.07) is 4.62. The predicted molar refractivity (Wildman–Crippen MR) is 112 cm³/mol. The van der Waals surface area contributed by atoms with Gasteiger partial charge in [0.05, 0.1) is 11.1 Å². The van der Waals surface area contributed by atoms with Crippen LogP contribution in [0.25, 0.3) is 22.0 Å². The highest BCUT2D eigenvalue weighted by Crippen LogP contribution is 2.23. The topological polar surface area (TPSA) is 119 Å². The van der Waals surface area contributed by atoms with E-state index in [9.17, 15) is 14.0 Å². The summed E-state index contributed by atoms with van der Waals surface area (Å²) in [5, 5.41) is 7.46. The number of rotatable bonds is 2. The number of nitrogens with one attached hydrogen (secondary N) is 1. The van der Waals surface area contributed by atoms with Crippen LogP contribution >= 0.6 is 0 Å². The summed E-state index contributed by atoms with van der Waals surface area (Å²) in [5.41, 5.74) is 1.32. The number of carboxylic acid groups (broad SMARTS) is 1. The number of fused-ring (bicyclic) bond motifs is 1. The number of likely N-dealkylation sites (N-methyl/N-ethyl adjacent to an activating group) is 1. The van der Waals surface area contributed by atoms with E-state index < -0.39 is 11.4 Å². The van der Waals surface area contributed by atoms with Crippen molar-refractivity contribution >= 4 is 23.2 Å². The van der Waals surface area contributed by atoms with E-state index in [4.69, 9.17) is 9.90 Å². The van der Waals surface area contributed by atoms with Gasteiger partial charge in [-0.15, -0.1) is 0 Å². The predicted octanol–water partition coefficient (Wildman–Crippen LogP) is 1.52. The fraction of sp³-hybridized carbons (Fsp3) is 0.286. The summed E-state index contributed by atoms with van der Waals surface area (Å²) >= 11 is 0. The van der Waals surface area contributed by atoms with Crippen molar-refractivity contribution in [1.82, 2.24) is 24.8 Å². The Labute approximate surface area is 177 Å². The first-order valence-corrected chi connectivity index (χ1v) is 9.56. The molecule has 0 saturated carbocycles. The summed E-state index contributed by atoms with van der Waals surface area (Å²) in [6.45, 7) is 4.49. The van der Waals surface area contributed by atoms with Crippen LogP contribution in [0.5, 0.6) is 0 Å². The van der Waals surface area contributed by atoms with Crippen LogP contribution in [0.15, 0.2) is 35.4 Å². The number of H-pyrrole nitrogens is 1. The Morgan fingerprint density at radius 2 is 1.81 bits per heavy atom. The largest absolute Gasteiger partial charge is 0.483 e. The van der Waals surface area contributed by atoms with Crippen LogP contribution in [0.3, 0.4) is 0 Å². The summed E-state index contributed by atoms with van der Waals surface area (Å²) in [6.07, 6.45) is 3.00. The second kappa shape index (κ2) is 9.43. The number of aryl methyl sites for hydroxylation is 1. The molecule has 3 aromatic rings. The van der Waals surface area contributed by atoms with Crippen LogP contribution in [0, 0.1) is 12.7 Å². The molecule has 0 radical (unpaired) electrons. The highest BCUT2D eigenvalue weighted by molar-refractivity contribution is 5.91. The summed E-state index contributed by atoms with van der Waals surface area (Å²) in [5.74, 6) is -0.638. The van der Waals surface area contributed by atoms with E-state index in [1.807, 2.05) is 14.0 Å². The second-order valence-corrected chi connectivity index (χ2v) is 7.16. The van der Waals surface area contributed by atoms with Crippen LogP contribution in [-0.2, 0) is 4.79 Å². The lowest BCUT2D eigenvalue weighted by molar-refractivity contribution is -0.122. The Morgan fingerprint density at radius 3 is 2.42 bits per heavy atom. The summed E-state index contributed by atoms with van der Waals surface area (Å²) in [4.78, 5) is 48.2. The molecule has 9 nitrogen and oxygen atoms in total. The van der Waals surface area contributed by atoms with Crippen LogP contribution in [0.1, 0.15) is 16.2 Å². The van der Waals surface area contributed by atoms with Gasteiger partial charge in [-0.05, 0) is 37.1 Å². The maximum atomic E-state index is 14.0. The quantitative estimate of drug-likeness (QED) is 0.595. The molecule has 1 aromatic carbocycles. The number of benzene rings is 1. The number of pyridine rings is 1. The average Bonchev–Trinajstić information content (AvgIpc) is 2.77. The normalized spacial score (nSPS) is 14.1. The molecule has 31 heavy (non-hydrogen) atoms. The molecule has 1 fully saturated rings. The monoisotopic (exact) mass is 427 g/mol. The fourth-order valence-corrected chi connectivity index (χ4v) is 3.36. The van der Waals surface area contributed by atoms with Gasteiger partial charge in [0.1, 0.15) is 5.82 Å². The molecule has 4 rings (SSSR count). The molecule has 2 aromatic heterocycles. The molecule has 2 N–H and O–H groups in total. The molecule has 3 heterocycles. The Balaban J connectivity index is 0.000000858. The Bertz CT molecular complexity index is 1150. The first-order valence-electron chi connectivity index (χ1n) is 9.56. The number of hydrogen-bond acceptors (Lipinski definition) is 6. The van der Waals surface area contributed by atoms with E-state index in [0.29, 0.717) is 29.7 Å². The van der Waals surface area contributed by atoms with E-state index in [0.717, 1.165) is 18.7 Å². The fourth-order valence-electron chi connectivity index (χ4n) is 3.36. The second-order valence-electron chi connectivity index (χ2n) is 7.16. The first-order chi connectivity index (χ1) is 14.8. The van der Waals surface area contributed by atoms with Crippen LogP contribution < -0.4 is 5.56 Å². The number of aromatic nitrogens is 3. The molecule has 0 bridgehead atoms. The van der Waals surface area contributed by atoms with E-state index in [2.05, 4.69) is 19.9 Å². The molecule has 1 saturated heterocycles. The SMILES string of the molecule is Cc1ccc(F)c2c(=O)[nH]c(-c3cnc(C(=O)N4CCN(C)CC4)nc3)cc12.O=CO. The molecular formula is C21H22FN5O4. The molecule has 0 aliphatic carbocycles. The van der Waals surface area contributed by atoms with E-state index >= 15 is 0 Å². The lowest BCUT2D eigenvalue weighted by atomic mass is 10.0. The lowest BCUT2D eigenvalue weighted by Gasteiger charge is -2.31. The third-order valence-electron chi connectivity index (χ3n) is 5.12. The van der Waals surface area contributed by atoms with E-state index in [1.165, 1.54) is 18.5 Å². The zero-order valence-electron chi connectivity index (χ0n) is 17.1. The molecule has 0 unspecified atom stereocenters. The van der Waals surface area contributed by atoms with Crippen molar-refractivity contribution in [2.75, 3.05) is 33.2 Å². The Kier molecular flexibility index (Phi) is 6.71. The van der Waals surface area contributed by atoms with E-state index in [-0.39, 0.29) is 23.6 Å². The van der Waals surface area contributed by atoms with Crippen LogP contribution in [0.2, 0.25) is 0 Å². The molecule has 0 spiro atoms. The number of aromatic amines is 1. The lowest BCUT2D eigenvalue weighted by Crippen LogP contribution is -2.47. The molecule has 1 amide bonds. The molecule has 162 valence electrons. The van der Waals surface area contributed by atoms with Crippen molar-refractivity contribution < 1.29 is 19.1 Å². The van der Waals surface area contributed by atoms with Crippen molar-refractivity contribution in [3.05, 3.63) is 58.2 Å². The number of halogens is 1. The minimum absolute atomic E-state index is 0.0338. The third kappa shape index (κ3) is 4.75. The summed E-state index contributed by atoms with van der Waals surface area (Å²) < 4.78 is 14.0. The maximum Gasteiger partial charge on any atom is 0.291 e. The average molecular weight is 427 g/mol. The van der Waals surface area contributed by atoms with Gasteiger partial charge < -0.3 is 19.9 Å². The zero-order valence-corrected chi connectivity index (χ0v) is 17.1. The number of amides is 1. The number of carbonyl (C=O) groups excluding carboxylic acids is 1. The minimum atomic E-state index is -0.558. The molecular weight excluding hydrogens is 405 g/mol. The van der Waals surface area contributed by atoms with Crippen molar-refractivity contribution in [2.45, 2.75) is 6.92 Å². The van der Waals surface area contributed by atoms with Gasteiger partial charge >= 0.3 is 0 Å². The van der Waals surface area contributed by atoms with Gasteiger partial charge in [-0.1, -0.05) is 6.07 Å². The smallest absolute Gasteiger partial charge is 0.291 e. The number of piperazine rings is 1. The standard InChI is InChI=1S/C20H20FN5O2.CH2O2/c1-12-3-4-15(21)17-14(12)9-16(24-19(17)27)13-10-22-18(23-11-13)20(28)26-7-5-25(2)6-8-26;2-1-3/h3-4,9-11H,5-8H2,1-2H3,(H,24,27);1H,(H,2,3). The van der Waals surface area contributed by atoms with Gasteiger partial charge in [-0.3, -0.25) is 14.4 Å². The summed E-state index contributed by atoms with van der Waals surface area (Å²) in [7, 11) is 2.02. The number of carbonyl (C=O) groups is 2. The van der Waals surface area contributed by atoms with Crippen LogP contribution in [-0.4, -0.2) is 75.5 Å².